The first-order valence-corrected chi connectivity index (χ1v) is 5.56. The van der Waals surface area contributed by atoms with Crippen LogP contribution in [-0.4, -0.2) is 11.9 Å². The first kappa shape index (κ1) is 11.4. The maximum absolute atomic E-state index is 5.88. The van der Waals surface area contributed by atoms with Gasteiger partial charge in [-0.25, -0.2) is 0 Å². The molecule has 0 radical (unpaired) electrons. The number of benzene rings is 1. The Bertz CT molecular complexity index is 378. The van der Waals surface area contributed by atoms with Gasteiger partial charge in [-0.2, -0.15) is 0 Å². The molecule has 1 aliphatic rings. The van der Waals surface area contributed by atoms with E-state index in [9.17, 15) is 0 Å². The molecule has 0 saturated carbocycles. The van der Waals surface area contributed by atoms with Gasteiger partial charge >= 0.3 is 0 Å². The molecule has 1 aliphatic heterocycles. The summed E-state index contributed by atoms with van der Waals surface area (Å²) in [6.45, 7) is 9.73. The molecule has 0 aromatic heterocycles. The van der Waals surface area contributed by atoms with Gasteiger partial charge in [-0.15, -0.1) is 6.58 Å². The van der Waals surface area contributed by atoms with Crippen molar-refractivity contribution in [1.82, 2.24) is 0 Å². The van der Waals surface area contributed by atoms with Crippen LogP contribution < -0.4 is 0 Å². The van der Waals surface area contributed by atoms with Gasteiger partial charge in [0.1, 0.15) is 12.2 Å². The molecule has 0 bridgehead atoms. The second-order valence-electron chi connectivity index (χ2n) is 4.67. The zero-order chi connectivity index (χ0) is 11.8. The minimum absolute atomic E-state index is 0.0481. The molecule has 0 unspecified atom stereocenters. The summed E-state index contributed by atoms with van der Waals surface area (Å²) in [7, 11) is 0. The number of rotatable bonds is 2. The zero-order valence-electron chi connectivity index (χ0n) is 10.1. The van der Waals surface area contributed by atoms with Crippen LogP contribution in [-0.2, 0) is 9.47 Å². The Morgan fingerprint density at radius 2 is 1.81 bits per heavy atom. The van der Waals surface area contributed by atoms with E-state index in [1.807, 2.05) is 13.8 Å². The largest absolute Gasteiger partial charge is 0.340 e. The van der Waals surface area contributed by atoms with Crippen LogP contribution in [0.2, 0.25) is 0 Å². The van der Waals surface area contributed by atoms with Gasteiger partial charge in [0.2, 0.25) is 0 Å². The third-order valence-electron chi connectivity index (χ3n) is 2.77. The van der Waals surface area contributed by atoms with Crippen molar-refractivity contribution in [2.45, 2.75) is 38.8 Å². The van der Waals surface area contributed by atoms with Gasteiger partial charge in [-0.3, -0.25) is 0 Å². The number of ether oxygens (including phenoxy) is 2. The van der Waals surface area contributed by atoms with Gasteiger partial charge in [0, 0.05) is 0 Å². The van der Waals surface area contributed by atoms with E-state index in [0.29, 0.717) is 0 Å². The van der Waals surface area contributed by atoms with Gasteiger partial charge < -0.3 is 9.47 Å². The fourth-order valence-corrected chi connectivity index (χ4v) is 1.98. The van der Waals surface area contributed by atoms with Crippen LogP contribution in [0.1, 0.15) is 31.1 Å². The highest BCUT2D eigenvalue weighted by Gasteiger charge is 2.40. The lowest BCUT2D eigenvalue weighted by Crippen LogP contribution is -2.20. The maximum atomic E-state index is 5.88. The number of hydrogen-bond acceptors (Lipinski definition) is 2. The normalized spacial score (nSPS) is 27.9. The molecule has 0 N–H and O–H groups in total. The van der Waals surface area contributed by atoms with E-state index in [0.717, 1.165) is 5.56 Å². The van der Waals surface area contributed by atoms with Crippen LogP contribution in [0.3, 0.4) is 0 Å². The highest BCUT2D eigenvalue weighted by molar-refractivity contribution is 5.25. The first-order valence-electron chi connectivity index (χ1n) is 5.56. The van der Waals surface area contributed by atoms with E-state index in [-0.39, 0.29) is 12.2 Å². The Kier molecular flexibility index (Phi) is 2.87. The Hall–Kier alpha value is -1.12. The summed E-state index contributed by atoms with van der Waals surface area (Å²) >= 11 is 0. The lowest BCUT2D eigenvalue weighted by Gasteiger charge is -2.17. The van der Waals surface area contributed by atoms with Crippen LogP contribution in [0, 0.1) is 6.92 Å². The molecule has 1 saturated heterocycles. The lowest BCUT2D eigenvalue weighted by atomic mass is 10.0. The van der Waals surface area contributed by atoms with Crippen LogP contribution in [0.25, 0.3) is 0 Å². The molecule has 1 aromatic rings. The molecule has 1 aromatic carbocycles. The summed E-state index contributed by atoms with van der Waals surface area (Å²) in [6.07, 6.45) is 1.69. The minimum atomic E-state index is -0.533. The van der Waals surface area contributed by atoms with Crippen molar-refractivity contribution in [2.75, 3.05) is 0 Å². The third kappa shape index (κ3) is 2.18. The highest BCUT2D eigenvalue weighted by atomic mass is 16.7. The van der Waals surface area contributed by atoms with E-state index >= 15 is 0 Å². The van der Waals surface area contributed by atoms with E-state index in [4.69, 9.17) is 9.47 Å². The van der Waals surface area contributed by atoms with Gasteiger partial charge in [-0.05, 0) is 26.3 Å². The Morgan fingerprint density at radius 1 is 1.19 bits per heavy atom. The van der Waals surface area contributed by atoms with Crippen LogP contribution in [0.15, 0.2) is 36.9 Å². The van der Waals surface area contributed by atoms with Crippen molar-refractivity contribution in [2.24, 2.45) is 0 Å². The molecule has 86 valence electrons. The zero-order valence-corrected chi connectivity index (χ0v) is 10.1. The Labute approximate surface area is 96.9 Å². The highest BCUT2D eigenvalue weighted by Crippen LogP contribution is 2.38. The van der Waals surface area contributed by atoms with Crippen LogP contribution in [0.4, 0.5) is 0 Å². The summed E-state index contributed by atoms with van der Waals surface area (Å²) in [4.78, 5) is 0. The molecule has 0 amide bonds. The van der Waals surface area contributed by atoms with Crippen molar-refractivity contribution in [1.29, 1.82) is 0 Å². The lowest BCUT2D eigenvalue weighted by molar-refractivity contribution is -0.143. The SMILES string of the molecule is C=C[C@H]1OC(C)(C)O[C@H]1c1ccc(C)cc1. The molecular weight excluding hydrogens is 200 g/mol. The van der Waals surface area contributed by atoms with Crippen molar-refractivity contribution in [3.63, 3.8) is 0 Å². The monoisotopic (exact) mass is 218 g/mol. The smallest absolute Gasteiger partial charge is 0.164 e. The third-order valence-corrected chi connectivity index (χ3v) is 2.77. The predicted octanol–water partition coefficient (Wildman–Crippen LogP) is 3.37. The van der Waals surface area contributed by atoms with Crippen molar-refractivity contribution in [3.8, 4) is 0 Å². The van der Waals surface area contributed by atoms with Crippen molar-refractivity contribution < 1.29 is 9.47 Å². The quantitative estimate of drug-likeness (QED) is 0.708. The number of aryl methyl sites for hydroxylation is 1. The molecule has 0 aliphatic carbocycles. The molecule has 0 spiro atoms. The average Bonchev–Trinajstić information content (AvgIpc) is 2.55. The first-order chi connectivity index (χ1) is 7.52. The van der Waals surface area contributed by atoms with E-state index in [2.05, 4.69) is 37.8 Å². The molecule has 2 rings (SSSR count). The summed E-state index contributed by atoms with van der Waals surface area (Å²) in [5, 5.41) is 0. The van der Waals surface area contributed by atoms with Gasteiger partial charge in [0.25, 0.3) is 0 Å². The second kappa shape index (κ2) is 4.04. The summed E-state index contributed by atoms with van der Waals surface area (Å²) < 4.78 is 11.6. The summed E-state index contributed by atoms with van der Waals surface area (Å²) in [6, 6.07) is 8.34. The average molecular weight is 218 g/mol. The van der Waals surface area contributed by atoms with E-state index in [1.54, 1.807) is 6.08 Å². The Balaban J connectivity index is 2.26. The molecule has 2 nitrogen and oxygen atoms in total. The Morgan fingerprint density at radius 3 is 2.38 bits per heavy atom. The predicted molar refractivity (Wildman–Crippen MR) is 64.2 cm³/mol. The standard InChI is InChI=1S/C14H18O2/c1-5-12-13(16-14(3,4)15-12)11-8-6-10(2)7-9-11/h5-9,12-13H,1H2,2-4H3/t12-,13+/m1/s1. The summed E-state index contributed by atoms with van der Waals surface area (Å²) in [5.41, 5.74) is 2.39. The van der Waals surface area contributed by atoms with Gasteiger partial charge in [0.05, 0.1) is 0 Å². The minimum Gasteiger partial charge on any atom is -0.340 e. The molecular formula is C14H18O2. The maximum Gasteiger partial charge on any atom is 0.164 e. The van der Waals surface area contributed by atoms with Crippen LogP contribution in [0.5, 0.6) is 0 Å². The summed E-state index contributed by atoms with van der Waals surface area (Å²) in [5.74, 6) is -0.533. The van der Waals surface area contributed by atoms with Crippen molar-refractivity contribution in [3.05, 3.63) is 48.0 Å². The van der Waals surface area contributed by atoms with E-state index < -0.39 is 5.79 Å². The van der Waals surface area contributed by atoms with E-state index in [1.165, 1.54) is 5.56 Å². The fourth-order valence-electron chi connectivity index (χ4n) is 1.98. The van der Waals surface area contributed by atoms with Crippen molar-refractivity contribution >= 4 is 0 Å². The van der Waals surface area contributed by atoms with Crippen LogP contribution >= 0.6 is 0 Å². The van der Waals surface area contributed by atoms with Gasteiger partial charge in [0.15, 0.2) is 5.79 Å². The number of hydrogen-bond donors (Lipinski definition) is 0. The molecule has 1 heterocycles. The van der Waals surface area contributed by atoms with Gasteiger partial charge in [-0.1, -0.05) is 35.9 Å². The molecule has 16 heavy (non-hydrogen) atoms. The molecule has 1 fully saturated rings. The second-order valence-corrected chi connectivity index (χ2v) is 4.67. The fraction of sp³-hybridized carbons (Fsp3) is 0.429. The molecule has 2 atom stereocenters. The topological polar surface area (TPSA) is 18.5 Å². The molecule has 2 heteroatoms.